The van der Waals surface area contributed by atoms with Gasteiger partial charge in [0.2, 0.25) is 10.0 Å². The molecule has 0 aliphatic carbocycles. The van der Waals surface area contributed by atoms with Crippen LogP contribution < -0.4 is 10.6 Å². The molecular weight excluding hydrogens is 512 g/mol. The van der Waals surface area contributed by atoms with E-state index >= 15 is 0 Å². The van der Waals surface area contributed by atoms with Crippen LogP contribution in [0.5, 0.6) is 0 Å². The minimum Gasteiger partial charge on any atom is -0.363 e. The Morgan fingerprint density at radius 1 is 1.03 bits per heavy atom. The summed E-state index contributed by atoms with van der Waals surface area (Å²) in [6.45, 7) is 2.96. The molecule has 2 unspecified atom stereocenters. The Kier molecular flexibility index (Phi) is 7.49. The summed E-state index contributed by atoms with van der Waals surface area (Å²) < 4.78 is 56.7. The Labute approximate surface area is 221 Å². The van der Waals surface area contributed by atoms with E-state index in [0.29, 0.717) is 18.8 Å². The second-order valence-corrected chi connectivity index (χ2v) is 11.8. The van der Waals surface area contributed by atoms with Gasteiger partial charge in [-0.3, -0.25) is 4.79 Å². The molecule has 1 amide bonds. The van der Waals surface area contributed by atoms with Gasteiger partial charge in [-0.2, -0.15) is 9.40 Å². The Morgan fingerprint density at radius 2 is 1.68 bits per heavy atom. The number of hydrogen-bond acceptors (Lipinski definition) is 5. The molecule has 0 bridgehead atoms. The molecule has 11 heteroatoms. The molecule has 8 nitrogen and oxygen atoms in total. The number of fused-ring (bicyclic) bond motifs is 1. The first-order valence-corrected chi connectivity index (χ1v) is 14.3. The molecule has 2 aliphatic heterocycles. The van der Waals surface area contributed by atoms with Crippen molar-refractivity contribution in [1.29, 1.82) is 0 Å². The molecule has 0 radical (unpaired) electrons. The van der Waals surface area contributed by atoms with E-state index in [2.05, 4.69) is 15.7 Å². The Bertz CT molecular complexity index is 1380. The summed E-state index contributed by atoms with van der Waals surface area (Å²) in [6, 6.07) is 12.0. The van der Waals surface area contributed by atoms with Gasteiger partial charge >= 0.3 is 0 Å². The van der Waals surface area contributed by atoms with E-state index in [0.717, 1.165) is 36.8 Å². The highest BCUT2D eigenvalue weighted by Crippen LogP contribution is 2.39. The Balaban J connectivity index is 1.35. The fraction of sp³-hybridized carbons (Fsp3) is 0.407. The number of nitrogens with zero attached hydrogens (tertiary/aromatic N) is 3. The van der Waals surface area contributed by atoms with Gasteiger partial charge in [-0.05, 0) is 56.0 Å². The number of hydrogen-bond donors (Lipinski definition) is 2. The number of aromatic nitrogens is 2. The van der Waals surface area contributed by atoms with Crippen molar-refractivity contribution >= 4 is 27.4 Å². The molecule has 0 saturated carbocycles. The lowest BCUT2D eigenvalue weighted by Crippen LogP contribution is -2.32. The summed E-state index contributed by atoms with van der Waals surface area (Å²) in [7, 11) is -3.61. The second kappa shape index (κ2) is 10.8. The molecule has 0 spiro atoms. The topological polar surface area (TPSA) is 96.3 Å². The van der Waals surface area contributed by atoms with Gasteiger partial charge in [-0.1, -0.05) is 42.7 Å². The van der Waals surface area contributed by atoms with E-state index in [1.54, 1.807) is 0 Å². The first kappa shape index (κ1) is 26.3. The van der Waals surface area contributed by atoms with Crippen molar-refractivity contribution in [1.82, 2.24) is 14.1 Å². The number of carbonyl (C=O) groups is 1. The Hall–Kier alpha value is -3.31. The van der Waals surface area contributed by atoms with Crippen LogP contribution >= 0.6 is 0 Å². The number of anilines is 2. The minimum absolute atomic E-state index is 0.128. The summed E-state index contributed by atoms with van der Waals surface area (Å²) in [5, 5.41) is 10.1. The number of carbonyl (C=O) groups excluding carboxylic acids is 1. The Morgan fingerprint density at radius 3 is 2.32 bits per heavy atom. The molecule has 202 valence electrons. The smallest absolute Gasteiger partial charge is 0.261 e. The van der Waals surface area contributed by atoms with Crippen LogP contribution in [0.25, 0.3) is 0 Å². The lowest BCUT2D eigenvalue weighted by Gasteiger charge is -2.32. The van der Waals surface area contributed by atoms with Crippen LogP contribution in [0.2, 0.25) is 0 Å². The van der Waals surface area contributed by atoms with Crippen LogP contribution in [0, 0.1) is 6.92 Å². The van der Waals surface area contributed by atoms with Gasteiger partial charge in [-0.25, -0.2) is 21.9 Å². The molecule has 2 aromatic carbocycles. The summed E-state index contributed by atoms with van der Waals surface area (Å²) in [6.07, 6.45) is 2.48. The number of benzene rings is 2. The zero-order chi connectivity index (χ0) is 26.9. The summed E-state index contributed by atoms with van der Waals surface area (Å²) in [4.78, 5) is 13.3. The van der Waals surface area contributed by atoms with Crippen LogP contribution in [0.15, 0.2) is 59.6 Å². The van der Waals surface area contributed by atoms with Crippen LogP contribution in [0.1, 0.15) is 65.7 Å². The zero-order valence-corrected chi connectivity index (χ0v) is 21.9. The van der Waals surface area contributed by atoms with E-state index in [-0.39, 0.29) is 22.7 Å². The predicted molar refractivity (Wildman–Crippen MR) is 141 cm³/mol. The van der Waals surface area contributed by atoms with Gasteiger partial charge in [0.1, 0.15) is 17.4 Å². The molecule has 5 rings (SSSR count). The average molecular weight is 544 g/mol. The summed E-state index contributed by atoms with van der Waals surface area (Å²) in [5.41, 5.74) is 2.43. The minimum atomic E-state index is -3.61. The fourth-order valence-electron chi connectivity index (χ4n) is 5.06. The van der Waals surface area contributed by atoms with Crippen molar-refractivity contribution in [2.24, 2.45) is 0 Å². The lowest BCUT2D eigenvalue weighted by molar-refractivity contribution is 0.0657. The number of aryl methyl sites for hydroxylation is 1. The highest BCUT2D eigenvalue weighted by Gasteiger charge is 2.36. The molecule has 1 aromatic heterocycles. The molecule has 2 N–H and O–H groups in total. The van der Waals surface area contributed by atoms with Crippen molar-refractivity contribution in [3.63, 3.8) is 0 Å². The summed E-state index contributed by atoms with van der Waals surface area (Å²) in [5.74, 6) is -0.301. The normalized spacial score (nSPS) is 20.4. The first-order chi connectivity index (χ1) is 18.2. The van der Waals surface area contributed by atoms with Gasteiger partial charge in [-0.15, -0.1) is 0 Å². The number of nitrogens with one attached hydrogen (secondary N) is 2. The molecule has 3 heterocycles. The predicted octanol–water partition coefficient (Wildman–Crippen LogP) is 5.37. The lowest BCUT2D eigenvalue weighted by atomic mass is 9.96. The SMILES string of the molecule is Cc1ccc(C2CC(C(F)F)n3ncc(C(=O)Nc4ccc(S(=O)(=O)N5CCCCCC5)cc4)c3N2)cc1. The number of amides is 1. The number of rotatable bonds is 6. The van der Waals surface area contributed by atoms with Gasteiger partial charge in [0, 0.05) is 18.8 Å². The zero-order valence-electron chi connectivity index (χ0n) is 21.1. The third kappa shape index (κ3) is 5.30. The van der Waals surface area contributed by atoms with E-state index < -0.39 is 34.4 Å². The maximum atomic E-state index is 14.0. The fourth-order valence-corrected chi connectivity index (χ4v) is 6.57. The van der Waals surface area contributed by atoms with Gasteiger partial charge in [0.05, 0.1) is 17.1 Å². The molecule has 38 heavy (non-hydrogen) atoms. The average Bonchev–Trinajstić information content (AvgIpc) is 3.13. The highest BCUT2D eigenvalue weighted by atomic mass is 32.2. The van der Waals surface area contributed by atoms with E-state index in [1.807, 2.05) is 31.2 Å². The van der Waals surface area contributed by atoms with Crippen molar-refractivity contribution in [3.8, 4) is 0 Å². The van der Waals surface area contributed by atoms with E-state index in [9.17, 15) is 22.0 Å². The van der Waals surface area contributed by atoms with Crippen LogP contribution in [-0.2, 0) is 10.0 Å². The third-order valence-electron chi connectivity index (χ3n) is 7.23. The van der Waals surface area contributed by atoms with Crippen LogP contribution in [-0.4, -0.2) is 47.9 Å². The van der Waals surface area contributed by atoms with Gasteiger partial charge < -0.3 is 10.6 Å². The molecule has 1 saturated heterocycles. The standard InChI is InChI=1S/C27H31F2N5O3S/c1-18-6-8-19(9-7-18)23-16-24(25(28)29)34-26(32-23)22(17-30-34)27(35)31-20-10-12-21(13-11-20)38(36,37)33-14-4-2-3-5-15-33/h6-13,17,23-25,32H,2-5,14-16H2,1H3,(H,31,35). The third-order valence-corrected chi connectivity index (χ3v) is 9.14. The van der Waals surface area contributed by atoms with Crippen molar-refractivity contribution in [3.05, 3.63) is 71.4 Å². The number of halogens is 2. The van der Waals surface area contributed by atoms with Crippen LogP contribution in [0.4, 0.5) is 20.3 Å². The van der Waals surface area contributed by atoms with Gasteiger partial charge in [0.15, 0.2) is 0 Å². The number of sulfonamides is 1. The molecular formula is C27H31F2N5O3S. The number of alkyl halides is 2. The van der Waals surface area contributed by atoms with Crippen molar-refractivity contribution < 1.29 is 22.0 Å². The molecule has 3 aromatic rings. The van der Waals surface area contributed by atoms with E-state index in [4.69, 9.17) is 0 Å². The summed E-state index contributed by atoms with van der Waals surface area (Å²) >= 11 is 0. The highest BCUT2D eigenvalue weighted by molar-refractivity contribution is 7.89. The first-order valence-electron chi connectivity index (χ1n) is 12.8. The molecule has 1 fully saturated rings. The van der Waals surface area contributed by atoms with Crippen LogP contribution in [0.3, 0.4) is 0 Å². The maximum absolute atomic E-state index is 14.0. The quantitative estimate of drug-likeness (QED) is 0.436. The second-order valence-electron chi connectivity index (χ2n) is 9.89. The monoisotopic (exact) mass is 543 g/mol. The molecule has 2 atom stereocenters. The maximum Gasteiger partial charge on any atom is 0.261 e. The van der Waals surface area contributed by atoms with Crippen molar-refractivity contribution in [2.45, 2.75) is 62.4 Å². The van der Waals surface area contributed by atoms with Crippen molar-refractivity contribution in [2.75, 3.05) is 23.7 Å². The molecule has 2 aliphatic rings. The van der Waals surface area contributed by atoms with Gasteiger partial charge in [0.25, 0.3) is 12.3 Å². The largest absolute Gasteiger partial charge is 0.363 e. The van der Waals surface area contributed by atoms with E-state index in [1.165, 1.54) is 39.4 Å².